The lowest BCUT2D eigenvalue weighted by Gasteiger charge is -2.34. The summed E-state index contributed by atoms with van der Waals surface area (Å²) in [6.07, 6.45) is 7.98. The van der Waals surface area contributed by atoms with Crippen molar-refractivity contribution in [2.45, 2.75) is 65.2 Å². The highest BCUT2D eigenvalue weighted by Gasteiger charge is 2.27. The highest BCUT2D eigenvalue weighted by atomic mass is 14.3. The second kappa shape index (κ2) is 5.25. The van der Waals surface area contributed by atoms with E-state index in [0.717, 1.165) is 5.92 Å². The molecule has 0 aliphatic heterocycles. The summed E-state index contributed by atoms with van der Waals surface area (Å²) in [7, 11) is 0. The minimum atomic E-state index is 0.582. The van der Waals surface area contributed by atoms with Crippen LogP contribution in [-0.4, -0.2) is 0 Å². The van der Waals surface area contributed by atoms with E-state index in [0.29, 0.717) is 5.41 Å². The van der Waals surface area contributed by atoms with Crippen molar-refractivity contribution in [2.24, 2.45) is 5.41 Å². The summed E-state index contributed by atoms with van der Waals surface area (Å²) in [6, 6.07) is 9.40. The second-order valence-corrected chi connectivity index (χ2v) is 6.43. The van der Waals surface area contributed by atoms with Crippen molar-refractivity contribution in [2.75, 3.05) is 0 Å². The van der Waals surface area contributed by atoms with E-state index in [1.807, 2.05) is 0 Å². The Bertz CT molecular complexity index is 335. The minimum Gasteiger partial charge on any atom is -0.0651 e. The number of aryl methyl sites for hydroxylation is 1. The summed E-state index contributed by atoms with van der Waals surface area (Å²) < 4.78 is 0. The van der Waals surface area contributed by atoms with E-state index in [1.165, 1.54) is 44.1 Å². The van der Waals surface area contributed by atoms with Crippen LogP contribution in [0.2, 0.25) is 0 Å². The molecule has 0 spiro atoms. The fraction of sp³-hybridized carbons (Fsp3) is 0.647. The highest BCUT2D eigenvalue weighted by molar-refractivity contribution is 5.26. The lowest BCUT2D eigenvalue weighted by Crippen LogP contribution is -2.20. The molecular weight excluding hydrogens is 204 g/mol. The summed E-state index contributed by atoms with van der Waals surface area (Å²) in [6.45, 7) is 7.07. The molecule has 2 rings (SSSR count). The molecule has 0 heteroatoms. The van der Waals surface area contributed by atoms with E-state index in [2.05, 4.69) is 45.0 Å². The van der Waals surface area contributed by atoms with Crippen LogP contribution in [0.3, 0.4) is 0 Å². The molecule has 94 valence electrons. The molecule has 0 saturated heterocycles. The molecule has 1 aliphatic rings. The summed E-state index contributed by atoms with van der Waals surface area (Å²) in [5.41, 5.74) is 3.64. The van der Waals surface area contributed by atoms with Crippen LogP contribution in [0.25, 0.3) is 0 Å². The van der Waals surface area contributed by atoms with Crippen LogP contribution < -0.4 is 0 Å². The smallest absolute Gasteiger partial charge is 0.0162 e. The van der Waals surface area contributed by atoms with Gasteiger partial charge in [0.05, 0.1) is 0 Å². The van der Waals surface area contributed by atoms with Crippen molar-refractivity contribution in [3.8, 4) is 0 Å². The van der Waals surface area contributed by atoms with Crippen molar-refractivity contribution in [1.29, 1.82) is 0 Å². The summed E-state index contributed by atoms with van der Waals surface area (Å²) in [5, 5.41) is 0. The lowest BCUT2D eigenvalue weighted by molar-refractivity contribution is 0.224. The molecule has 1 aromatic rings. The van der Waals surface area contributed by atoms with Crippen LogP contribution in [-0.2, 0) is 6.42 Å². The van der Waals surface area contributed by atoms with Crippen LogP contribution in [0, 0.1) is 5.41 Å². The predicted molar refractivity (Wildman–Crippen MR) is 75.4 cm³/mol. The zero-order chi connectivity index (χ0) is 12.3. The Morgan fingerprint density at radius 3 is 2.18 bits per heavy atom. The van der Waals surface area contributed by atoms with E-state index >= 15 is 0 Å². The van der Waals surface area contributed by atoms with Crippen LogP contribution in [0.5, 0.6) is 0 Å². The third kappa shape index (κ3) is 3.34. The monoisotopic (exact) mass is 230 g/mol. The number of hydrogen-bond acceptors (Lipinski definition) is 0. The van der Waals surface area contributed by atoms with Gasteiger partial charge >= 0.3 is 0 Å². The van der Waals surface area contributed by atoms with Gasteiger partial charge in [0.25, 0.3) is 0 Å². The van der Waals surface area contributed by atoms with Gasteiger partial charge in [-0.05, 0) is 54.6 Å². The lowest BCUT2D eigenvalue weighted by atomic mass is 9.71. The third-order valence-electron chi connectivity index (χ3n) is 4.33. The molecule has 1 aliphatic carbocycles. The SMILES string of the molecule is CCCc1ccc(C2CCC(C)(C)CC2)cc1. The zero-order valence-electron chi connectivity index (χ0n) is 11.6. The Morgan fingerprint density at radius 2 is 1.65 bits per heavy atom. The summed E-state index contributed by atoms with van der Waals surface area (Å²) in [4.78, 5) is 0. The maximum absolute atomic E-state index is 2.41. The first-order valence-electron chi connectivity index (χ1n) is 7.19. The van der Waals surface area contributed by atoms with E-state index in [9.17, 15) is 0 Å². The van der Waals surface area contributed by atoms with Gasteiger partial charge in [-0.1, -0.05) is 51.5 Å². The first kappa shape index (κ1) is 12.7. The molecule has 0 aromatic heterocycles. The van der Waals surface area contributed by atoms with Crippen molar-refractivity contribution in [1.82, 2.24) is 0 Å². The van der Waals surface area contributed by atoms with Gasteiger partial charge in [0.15, 0.2) is 0 Å². The molecule has 0 nitrogen and oxygen atoms in total. The van der Waals surface area contributed by atoms with E-state index in [4.69, 9.17) is 0 Å². The molecule has 1 saturated carbocycles. The fourth-order valence-electron chi connectivity index (χ4n) is 2.98. The van der Waals surface area contributed by atoms with Crippen LogP contribution >= 0.6 is 0 Å². The van der Waals surface area contributed by atoms with Crippen LogP contribution in [0.15, 0.2) is 24.3 Å². The van der Waals surface area contributed by atoms with E-state index in [-0.39, 0.29) is 0 Å². The fourth-order valence-corrected chi connectivity index (χ4v) is 2.98. The topological polar surface area (TPSA) is 0 Å². The molecule has 0 amide bonds. The van der Waals surface area contributed by atoms with Crippen molar-refractivity contribution < 1.29 is 0 Å². The number of rotatable bonds is 3. The van der Waals surface area contributed by atoms with Gasteiger partial charge in [0, 0.05) is 0 Å². The predicted octanol–water partition coefficient (Wildman–Crippen LogP) is 5.32. The molecular formula is C17H26. The number of benzene rings is 1. The highest BCUT2D eigenvalue weighted by Crippen LogP contribution is 2.42. The molecule has 0 bridgehead atoms. The molecule has 0 heterocycles. The Hall–Kier alpha value is -0.780. The van der Waals surface area contributed by atoms with Crippen LogP contribution in [0.4, 0.5) is 0 Å². The molecule has 0 N–H and O–H groups in total. The van der Waals surface area contributed by atoms with Gasteiger partial charge in [-0.3, -0.25) is 0 Å². The Kier molecular flexibility index (Phi) is 3.91. The average molecular weight is 230 g/mol. The third-order valence-corrected chi connectivity index (χ3v) is 4.33. The van der Waals surface area contributed by atoms with Gasteiger partial charge in [-0.2, -0.15) is 0 Å². The normalized spacial score (nSPS) is 20.4. The average Bonchev–Trinajstić information content (AvgIpc) is 2.31. The minimum absolute atomic E-state index is 0.582. The molecule has 1 fully saturated rings. The zero-order valence-corrected chi connectivity index (χ0v) is 11.6. The van der Waals surface area contributed by atoms with Crippen molar-refractivity contribution in [3.63, 3.8) is 0 Å². The first-order valence-corrected chi connectivity index (χ1v) is 7.19. The Labute approximate surface area is 106 Å². The Balaban J connectivity index is 1.99. The van der Waals surface area contributed by atoms with Gasteiger partial charge in [0.1, 0.15) is 0 Å². The van der Waals surface area contributed by atoms with E-state index in [1.54, 1.807) is 5.56 Å². The second-order valence-electron chi connectivity index (χ2n) is 6.43. The first-order chi connectivity index (χ1) is 8.11. The van der Waals surface area contributed by atoms with Crippen LogP contribution in [0.1, 0.15) is 69.9 Å². The van der Waals surface area contributed by atoms with Gasteiger partial charge in [0.2, 0.25) is 0 Å². The largest absolute Gasteiger partial charge is 0.0651 e. The maximum Gasteiger partial charge on any atom is -0.0162 e. The summed E-state index contributed by atoms with van der Waals surface area (Å²) >= 11 is 0. The quantitative estimate of drug-likeness (QED) is 0.659. The van der Waals surface area contributed by atoms with Gasteiger partial charge in [-0.15, -0.1) is 0 Å². The van der Waals surface area contributed by atoms with Crippen molar-refractivity contribution >= 4 is 0 Å². The van der Waals surface area contributed by atoms with Gasteiger partial charge < -0.3 is 0 Å². The molecule has 0 radical (unpaired) electrons. The summed E-state index contributed by atoms with van der Waals surface area (Å²) in [5.74, 6) is 0.818. The molecule has 17 heavy (non-hydrogen) atoms. The van der Waals surface area contributed by atoms with E-state index < -0.39 is 0 Å². The van der Waals surface area contributed by atoms with Gasteiger partial charge in [-0.25, -0.2) is 0 Å². The molecule has 0 atom stereocenters. The molecule has 1 aromatic carbocycles. The number of hydrogen-bond donors (Lipinski definition) is 0. The van der Waals surface area contributed by atoms with Crippen molar-refractivity contribution in [3.05, 3.63) is 35.4 Å². The Morgan fingerprint density at radius 1 is 1.06 bits per heavy atom. The standard InChI is InChI=1S/C17H26/c1-4-5-14-6-8-15(9-7-14)16-10-12-17(2,3)13-11-16/h6-9,16H,4-5,10-13H2,1-3H3. The molecule has 0 unspecified atom stereocenters. The maximum atomic E-state index is 2.41.